The maximum atomic E-state index is 13.8. The molecule has 0 bridgehead atoms. The van der Waals surface area contributed by atoms with Crippen molar-refractivity contribution in [3.8, 4) is 22.8 Å². The highest BCUT2D eigenvalue weighted by Crippen LogP contribution is 2.43. The molecule has 0 spiro atoms. The van der Waals surface area contributed by atoms with E-state index in [1.807, 2.05) is 146 Å². The number of nitrogens with one attached hydrogen (secondary N) is 1. The minimum absolute atomic E-state index is 0.167. The van der Waals surface area contributed by atoms with Crippen molar-refractivity contribution in [1.29, 1.82) is 0 Å². The number of hydrogen-bond donors (Lipinski definition) is 2. The Morgan fingerprint density at radius 1 is 0.654 bits per heavy atom. The van der Waals surface area contributed by atoms with Gasteiger partial charge in [-0.2, -0.15) is 0 Å². The number of aromatic nitrogens is 1. The van der Waals surface area contributed by atoms with Crippen molar-refractivity contribution in [3.63, 3.8) is 0 Å². The van der Waals surface area contributed by atoms with Crippen LogP contribution in [0.15, 0.2) is 186 Å². The molecule has 0 atom stereocenters. The van der Waals surface area contributed by atoms with Gasteiger partial charge in [0, 0.05) is 6.42 Å². The summed E-state index contributed by atoms with van der Waals surface area (Å²) in [7, 11) is 0. The summed E-state index contributed by atoms with van der Waals surface area (Å²) in [6.07, 6.45) is 0.199. The van der Waals surface area contributed by atoms with Crippen molar-refractivity contribution >= 4 is 5.70 Å². The van der Waals surface area contributed by atoms with Crippen LogP contribution in [-0.4, -0.2) is 22.9 Å². The van der Waals surface area contributed by atoms with Gasteiger partial charge in [0.25, 0.3) is 0 Å². The van der Waals surface area contributed by atoms with Crippen LogP contribution in [0.25, 0.3) is 16.8 Å². The van der Waals surface area contributed by atoms with Gasteiger partial charge in [-0.15, -0.1) is 0 Å². The molecule has 7 heteroatoms. The normalized spacial score (nSPS) is 11.2. The second kappa shape index (κ2) is 15.5. The first-order valence-electron chi connectivity index (χ1n) is 17.1. The zero-order valence-electron chi connectivity index (χ0n) is 28.5. The Morgan fingerprint density at radius 2 is 1.15 bits per heavy atom. The monoisotopic (exact) mass is 686 g/mol. The molecule has 0 saturated carbocycles. The third-order valence-corrected chi connectivity index (χ3v) is 9.04. The first kappa shape index (κ1) is 33.9. The second-order valence-electron chi connectivity index (χ2n) is 12.3. The zero-order chi connectivity index (χ0) is 35.8. The molecule has 0 saturated heterocycles. The van der Waals surface area contributed by atoms with Gasteiger partial charge in [-0.05, 0) is 51.1 Å². The molecule has 0 amide bonds. The Balaban J connectivity index is 1.01. The van der Waals surface area contributed by atoms with Crippen LogP contribution in [0.2, 0.25) is 0 Å². The van der Waals surface area contributed by atoms with Crippen LogP contribution >= 0.6 is 0 Å². The van der Waals surface area contributed by atoms with E-state index in [2.05, 4.69) is 36.3 Å². The van der Waals surface area contributed by atoms with E-state index < -0.39 is 11.3 Å². The molecule has 0 radical (unpaired) electrons. The average molecular weight is 687 g/mol. The Kier molecular flexibility index (Phi) is 10.1. The number of ether oxygens (including phenoxy) is 1. The zero-order valence-corrected chi connectivity index (χ0v) is 28.5. The molecule has 7 rings (SSSR count). The molecule has 6 aromatic carbocycles. The molecule has 0 fully saturated rings. The van der Waals surface area contributed by atoms with Crippen LogP contribution in [0.3, 0.4) is 0 Å². The number of aromatic hydroxyl groups is 1. The van der Waals surface area contributed by atoms with Gasteiger partial charge >= 0.3 is 5.76 Å². The van der Waals surface area contributed by atoms with Crippen molar-refractivity contribution in [3.05, 3.63) is 221 Å². The van der Waals surface area contributed by atoms with Crippen molar-refractivity contribution in [2.75, 3.05) is 13.2 Å². The van der Waals surface area contributed by atoms with Gasteiger partial charge in [-0.1, -0.05) is 164 Å². The van der Waals surface area contributed by atoms with Gasteiger partial charge in [0.1, 0.15) is 24.5 Å². The van der Waals surface area contributed by atoms with E-state index in [9.17, 15) is 9.90 Å². The standard InChI is InChI=1S/C45H38N2O5/c1-33(35-24-26-37(27-25-35)36-14-6-2-7-15-36)46-51-31-30-50-41-28-22-34(23-29-41)32-42-43(48)47(44(49)52-42)45(38-16-8-3-9-17-38,39-18-10-4-11-19-39)40-20-12-5-13-21-40/h2-29,46,48H,1,30-32H2. The summed E-state index contributed by atoms with van der Waals surface area (Å²) < 4.78 is 13.1. The molecule has 0 aliphatic rings. The Morgan fingerprint density at radius 3 is 1.69 bits per heavy atom. The quantitative estimate of drug-likeness (QED) is 0.0676. The molecule has 0 aliphatic heterocycles. The van der Waals surface area contributed by atoms with Crippen molar-refractivity contribution < 1.29 is 19.1 Å². The number of hydrogen-bond acceptors (Lipinski definition) is 6. The lowest BCUT2D eigenvalue weighted by Gasteiger charge is -2.36. The third-order valence-electron chi connectivity index (χ3n) is 9.04. The van der Waals surface area contributed by atoms with E-state index in [4.69, 9.17) is 14.0 Å². The number of rotatable bonds is 14. The number of nitrogens with zero attached hydrogens (tertiary/aromatic N) is 1. The summed E-state index contributed by atoms with van der Waals surface area (Å²) in [5.74, 6) is -0.0767. The van der Waals surface area contributed by atoms with E-state index in [-0.39, 0.29) is 18.1 Å². The lowest BCUT2D eigenvalue weighted by atomic mass is 9.76. The lowest BCUT2D eigenvalue weighted by molar-refractivity contribution is 0.0541. The smallest absolute Gasteiger partial charge is 0.423 e. The third kappa shape index (κ3) is 7.03. The maximum absolute atomic E-state index is 13.8. The molecule has 7 nitrogen and oxygen atoms in total. The fraction of sp³-hybridized carbons (Fsp3) is 0.0889. The highest BCUT2D eigenvalue weighted by Gasteiger charge is 2.43. The fourth-order valence-corrected chi connectivity index (χ4v) is 6.53. The van der Waals surface area contributed by atoms with Crippen LogP contribution in [0, 0.1) is 0 Å². The Bertz CT molecular complexity index is 2170. The minimum atomic E-state index is -1.19. The molecule has 1 aromatic heterocycles. The van der Waals surface area contributed by atoms with Crippen LogP contribution < -0.4 is 16.0 Å². The first-order valence-corrected chi connectivity index (χ1v) is 17.1. The molecule has 0 unspecified atom stereocenters. The van der Waals surface area contributed by atoms with E-state index in [0.29, 0.717) is 24.7 Å². The van der Waals surface area contributed by atoms with Gasteiger partial charge in [0.05, 0.1) is 5.70 Å². The summed E-state index contributed by atoms with van der Waals surface area (Å²) in [6.45, 7) is 4.68. The summed E-state index contributed by atoms with van der Waals surface area (Å²) in [5, 5.41) is 11.8. The van der Waals surface area contributed by atoms with Gasteiger partial charge < -0.3 is 14.3 Å². The summed E-state index contributed by atoms with van der Waals surface area (Å²) in [5.41, 5.74) is 8.83. The van der Waals surface area contributed by atoms with Gasteiger partial charge in [-0.25, -0.2) is 9.36 Å². The van der Waals surface area contributed by atoms with Crippen molar-refractivity contribution in [2.45, 2.75) is 12.0 Å². The molecule has 52 heavy (non-hydrogen) atoms. The van der Waals surface area contributed by atoms with Gasteiger partial charge in [0.2, 0.25) is 5.88 Å². The summed E-state index contributed by atoms with van der Waals surface area (Å²) >= 11 is 0. The molecular formula is C45H38N2O5. The fourth-order valence-electron chi connectivity index (χ4n) is 6.53. The second-order valence-corrected chi connectivity index (χ2v) is 12.3. The number of benzene rings is 6. The number of oxazole rings is 1. The molecule has 2 N–H and O–H groups in total. The predicted octanol–water partition coefficient (Wildman–Crippen LogP) is 8.82. The molecule has 7 aromatic rings. The Labute approximate surface area is 302 Å². The summed E-state index contributed by atoms with van der Waals surface area (Å²) in [6, 6.07) is 54.8. The van der Waals surface area contributed by atoms with Gasteiger partial charge in [0.15, 0.2) is 5.76 Å². The first-order chi connectivity index (χ1) is 25.5. The van der Waals surface area contributed by atoms with Crippen LogP contribution in [0.4, 0.5) is 0 Å². The average Bonchev–Trinajstić information content (AvgIpc) is 3.48. The van der Waals surface area contributed by atoms with E-state index >= 15 is 0 Å². The van der Waals surface area contributed by atoms with Crippen molar-refractivity contribution in [1.82, 2.24) is 10.0 Å². The van der Waals surface area contributed by atoms with Crippen molar-refractivity contribution in [2.24, 2.45) is 0 Å². The van der Waals surface area contributed by atoms with E-state index in [1.54, 1.807) is 0 Å². The number of hydroxylamine groups is 1. The SMILES string of the molecule is C=C(NOCCOc1ccc(Cc2oc(=O)n(C(c3ccccc3)(c3ccccc3)c3ccccc3)c2O)cc1)c1ccc(-c2ccccc2)cc1. The highest BCUT2D eigenvalue weighted by atomic mass is 16.7. The largest absolute Gasteiger partial charge is 0.492 e. The van der Waals surface area contributed by atoms with Crippen LogP contribution in [0.5, 0.6) is 11.6 Å². The van der Waals surface area contributed by atoms with Gasteiger partial charge in [-0.3, -0.25) is 10.3 Å². The highest BCUT2D eigenvalue weighted by molar-refractivity contribution is 5.68. The molecule has 0 aliphatic carbocycles. The predicted molar refractivity (Wildman–Crippen MR) is 204 cm³/mol. The molecule has 258 valence electrons. The minimum Gasteiger partial charge on any atom is -0.492 e. The van der Waals surface area contributed by atoms with E-state index in [0.717, 1.165) is 38.9 Å². The summed E-state index contributed by atoms with van der Waals surface area (Å²) in [4.78, 5) is 19.4. The van der Waals surface area contributed by atoms with Crippen LogP contribution in [-0.2, 0) is 16.8 Å². The molecular weight excluding hydrogens is 649 g/mol. The lowest BCUT2D eigenvalue weighted by Crippen LogP contribution is -2.42. The Hall–Kier alpha value is -6.57. The topological polar surface area (TPSA) is 85.9 Å². The van der Waals surface area contributed by atoms with Crippen LogP contribution in [0.1, 0.15) is 33.6 Å². The maximum Gasteiger partial charge on any atom is 0.423 e. The molecule has 1 heterocycles. The van der Waals surface area contributed by atoms with E-state index in [1.165, 1.54) is 4.57 Å².